The Hall–Kier alpha value is -1.55. The van der Waals surface area contributed by atoms with E-state index in [2.05, 4.69) is 41.0 Å². The van der Waals surface area contributed by atoms with Gasteiger partial charge in [-0.2, -0.15) is 0 Å². The molecule has 132 valence electrons. The molecule has 0 unspecified atom stereocenters. The Morgan fingerprint density at radius 1 is 1.08 bits per heavy atom. The lowest BCUT2D eigenvalue weighted by Crippen LogP contribution is -2.47. The molecule has 0 bridgehead atoms. The first kappa shape index (κ1) is 17.3. The molecule has 24 heavy (non-hydrogen) atoms. The lowest BCUT2D eigenvalue weighted by molar-refractivity contribution is -0.122. The number of aryl methyl sites for hydroxylation is 1. The molecule has 2 fully saturated rings. The fourth-order valence-corrected chi connectivity index (χ4v) is 4.23. The number of amides is 1. The highest BCUT2D eigenvalue weighted by Crippen LogP contribution is 2.31. The zero-order valence-corrected chi connectivity index (χ0v) is 14.9. The van der Waals surface area contributed by atoms with Gasteiger partial charge in [-0.05, 0) is 63.1 Å². The predicted molar refractivity (Wildman–Crippen MR) is 99.1 cm³/mol. The number of carbonyl (C=O) groups is 1. The van der Waals surface area contributed by atoms with Gasteiger partial charge < -0.3 is 10.6 Å². The maximum atomic E-state index is 11.2. The van der Waals surface area contributed by atoms with Crippen molar-refractivity contribution >= 4 is 11.6 Å². The van der Waals surface area contributed by atoms with Crippen molar-refractivity contribution in [2.45, 2.75) is 39.0 Å². The quantitative estimate of drug-likeness (QED) is 0.904. The summed E-state index contributed by atoms with van der Waals surface area (Å²) in [5.74, 6) is 0.828. The van der Waals surface area contributed by atoms with Crippen LogP contribution in [0.1, 0.15) is 37.7 Å². The normalized spacial score (nSPS) is 25.6. The number of nitrogens with two attached hydrogens (primary N) is 1. The van der Waals surface area contributed by atoms with Gasteiger partial charge >= 0.3 is 0 Å². The molecular weight excluding hydrogens is 298 g/mol. The maximum Gasteiger partial charge on any atom is 0.220 e. The first-order valence-corrected chi connectivity index (χ1v) is 9.45. The maximum absolute atomic E-state index is 11.2. The van der Waals surface area contributed by atoms with E-state index in [1.54, 1.807) is 0 Å². The number of hydrogen-bond donors (Lipinski definition) is 1. The number of primary amides is 1. The standard InChI is InChI=1S/C20H31N3O/c1-16-4-2-3-5-19(16)23-14-12-22(13-15-23)11-10-17-6-8-18(9-7-17)20(21)24/h2-5,17-18H,6-15H2,1H3,(H2,21,24). The lowest BCUT2D eigenvalue weighted by atomic mass is 9.80. The number of benzene rings is 1. The molecule has 2 N–H and O–H groups in total. The SMILES string of the molecule is Cc1ccccc1N1CCN(CCC2CCC(C(N)=O)CC2)CC1. The summed E-state index contributed by atoms with van der Waals surface area (Å²) in [5.41, 5.74) is 8.19. The average Bonchev–Trinajstić information content (AvgIpc) is 2.61. The zero-order chi connectivity index (χ0) is 16.9. The summed E-state index contributed by atoms with van der Waals surface area (Å²) >= 11 is 0. The third-order valence-electron chi connectivity index (χ3n) is 5.93. The molecule has 1 saturated carbocycles. The molecule has 0 aromatic heterocycles. The van der Waals surface area contributed by atoms with Gasteiger partial charge in [-0.3, -0.25) is 9.69 Å². The molecule has 1 aromatic carbocycles. The molecule has 1 aliphatic carbocycles. The minimum absolute atomic E-state index is 0.0965. The van der Waals surface area contributed by atoms with Gasteiger partial charge in [-0.15, -0.1) is 0 Å². The van der Waals surface area contributed by atoms with Crippen molar-refractivity contribution in [1.29, 1.82) is 0 Å². The molecule has 0 radical (unpaired) electrons. The van der Waals surface area contributed by atoms with Gasteiger partial charge in [0.25, 0.3) is 0 Å². The van der Waals surface area contributed by atoms with E-state index < -0.39 is 0 Å². The summed E-state index contributed by atoms with van der Waals surface area (Å²) in [4.78, 5) is 16.4. The first-order chi connectivity index (χ1) is 11.6. The number of piperazine rings is 1. The molecule has 0 spiro atoms. The summed E-state index contributed by atoms with van der Waals surface area (Å²) in [7, 11) is 0. The Bertz CT molecular complexity index is 544. The monoisotopic (exact) mass is 329 g/mol. The van der Waals surface area contributed by atoms with Crippen LogP contribution < -0.4 is 10.6 Å². The van der Waals surface area contributed by atoms with E-state index in [1.165, 1.54) is 37.1 Å². The van der Waals surface area contributed by atoms with Crippen molar-refractivity contribution in [3.63, 3.8) is 0 Å². The summed E-state index contributed by atoms with van der Waals surface area (Å²) in [6.07, 6.45) is 5.63. The molecule has 4 heteroatoms. The molecule has 1 heterocycles. The van der Waals surface area contributed by atoms with Gasteiger partial charge in [0.2, 0.25) is 5.91 Å². The van der Waals surface area contributed by atoms with Crippen molar-refractivity contribution in [2.24, 2.45) is 17.6 Å². The van der Waals surface area contributed by atoms with Gasteiger partial charge in [-0.1, -0.05) is 18.2 Å². The van der Waals surface area contributed by atoms with Crippen molar-refractivity contribution in [2.75, 3.05) is 37.6 Å². The molecule has 3 rings (SSSR count). The smallest absolute Gasteiger partial charge is 0.220 e. The highest BCUT2D eigenvalue weighted by molar-refractivity contribution is 5.76. The molecule has 1 amide bonds. The van der Waals surface area contributed by atoms with Crippen LogP contribution in [0.5, 0.6) is 0 Å². The van der Waals surface area contributed by atoms with Gasteiger partial charge in [0.15, 0.2) is 0 Å². The van der Waals surface area contributed by atoms with E-state index in [-0.39, 0.29) is 11.8 Å². The number of rotatable bonds is 5. The van der Waals surface area contributed by atoms with E-state index in [1.807, 2.05) is 0 Å². The molecular formula is C20H31N3O. The Balaban J connectivity index is 1.39. The summed E-state index contributed by atoms with van der Waals surface area (Å²) < 4.78 is 0. The Labute approximate surface area is 146 Å². The molecule has 0 atom stereocenters. The summed E-state index contributed by atoms with van der Waals surface area (Å²) in [6.45, 7) is 7.96. The van der Waals surface area contributed by atoms with E-state index in [0.717, 1.165) is 44.9 Å². The molecule has 2 aliphatic rings. The Morgan fingerprint density at radius 2 is 1.75 bits per heavy atom. The fraction of sp³-hybridized carbons (Fsp3) is 0.650. The first-order valence-electron chi connectivity index (χ1n) is 9.45. The Kier molecular flexibility index (Phi) is 5.77. The van der Waals surface area contributed by atoms with Gasteiger partial charge in [0.1, 0.15) is 0 Å². The number of carbonyl (C=O) groups excluding carboxylic acids is 1. The lowest BCUT2D eigenvalue weighted by Gasteiger charge is -2.37. The fourth-order valence-electron chi connectivity index (χ4n) is 4.23. The molecule has 1 saturated heterocycles. The third-order valence-corrected chi connectivity index (χ3v) is 5.93. The Morgan fingerprint density at radius 3 is 2.38 bits per heavy atom. The minimum Gasteiger partial charge on any atom is -0.369 e. The van der Waals surface area contributed by atoms with Crippen LogP contribution in [0.4, 0.5) is 5.69 Å². The second-order valence-electron chi connectivity index (χ2n) is 7.52. The number of nitrogens with zero attached hydrogens (tertiary/aromatic N) is 2. The van der Waals surface area contributed by atoms with Crippen LogP contribution in [0.2, 0.25) is 0 Å². The molecule has 1 aromatic rings. The summed E-state index contributed by atoms with van der Waals surface area (Å²) in [6, 6.07) is 8.69. The number of anilines is 1. The third kappa shape index (κ3) is 4.29. The van der Waals surface area contributed by atoms with Crippen LogP contribution in [0.15, 0.2) is 24.3 Å². The van der Waals surface area contributed by atoms with Crippen LogP contribution in [0, 0.1) is 18.8 Å². The largest absolute Gasteiger partial charge is 0.369 e. The number of para-hydroxylation sites is 1. The molecule has 1 aliphatic heterocycles. The highest BCUT2D eigenvalue weighted by Gasteiger charge is 2.25. The minimum atomic E-state index is -0.0965. The van der Waals surface area contributed by atoms with Crippen molar-refractivity contribution < 1.29 is 4.79 Å². The highest BCUT2D eigenvalue weighted by atomic mass is 16.1. The average molecular weight is 329 g/mol. The van der Waals surface area contributed by atoms with Crippen LogP contribution in [0.3, 0.4) is 0 Å². The van der Waals surface area contributed by atoms with Crippen molar-refractivity contribution in [3.05, 3.63) is 29.8 Å². The molecule has 4 nitrogen and oxygen atoms in total. The van der Waals surface area contributed by atoms with Crippen LogP contribution in [-0.4, -0.2) is 43.5 Å². The summed E-state index contributed by atoms with van der Waals surface area (Å²) in [5, 5.41) is 0. The van der Waals surface area contributed by atoms with Crippen LogP contribution in [-0.2, 0) is 4.79 Å². The van der Waals surface area contributed by atoms with Gasteiger partial charge in [0.05, 0.1) is 0 Å². The van der Waals surface area contributed by atoms with E-state index in [0.29, 0.717) is 0 Å². The van der Waals surface area contributed by atoms with E-state index in [9.17, 15) is 4.79 Å². The van der Waals surface area contributed by atoms with Gasteiger partial charge in [0, 0.05) is 37.8 Å². The van der Waals surface area contributed by atoms with E-state index >= 15 is 0 Å². The van der Waals surface area contributed by atoms with E-state index in [4.69, 9.17) is 5.73 Å². The predicted octanol–water partition coefficient (Wildman–Crippen LogP) is 2.80. The topological polar surface area (TPSA) is 49.6 Å². The van der Waals surface area contributed by atoms with Crippen molar-refractivity contribution in [3.8, 4) is 0 Å². The van der Waals surface area contributed by atoms with Crippen LogP contribution in [0.25, 0.3) is 0 Å². The zero-order valence-electron chi connectivity index (χ0n) is 14.9. The van der Waals surface area contributed by atoms with Crippen molar-refractivity contribution in [1.82, 2.24) is 4.90 Å². The number of hydrogen-bond acceptors (Lipinski definition) is 3. The second-order valence-corrected chi connectivity index (χ2v) is 7.52. The van der Waals surface area contributed by atoms with Crippen LogP contribution >= 0.6 is 0 Å². The van der Waals surface area contributed by atoms with Gasteiger partial charge in [-0.25, -0.2) is 0 Å². The second kappa shape index (κ2) is 8.02.